The number of rotatable bonds is 6. The van der Waals surface area contributed by atoms with Crippen molar-refractivity contribution < 1.29 is 0 Å². The van der Waals surface area contributed by atoms with Crippen LogP contribution in [0.5, 0.6) is 0 Å². The average Bonchev–Trinajstić information content (AvgIpc) is 3.16. The molecule has 3 rings (SSSR count). The Balaban J connectivity index is 1.85. The molecule has 1 aliphatic carbocycles. The average molecular weight is 306 g/mol. The van der Waals surface area contributed by atoms with Gasteiger partial charge in [0, 0.05) is 37.6 Å². The summed E-state index contributed by atoms with van der Waals surface area (Å²) >= 11 is 1.70. The van der Waals surface area contributed by atoms with Gasteiger partial charge < -0.3 is 10.6 Å². The molecule has 1 unspecified atom stereocenters. The largest absolute Gasteiger partial charge is 0.358 e. The zero-order valence-electron chi connectivity index (χ0n) is 13.1. The van der Waals surface area contributed by atoms with Crippen molar-refractivity contribution in [1.82, 2.24) is 9.38 Å². The number of aromatic nitrogens is 2. The molecule has 5 heteroatoms. The van der Waals surface area contributed by atoms with Crippen LogP contribution in [0, 0.1) is 5.92 Å². The summed E-state index contributed by atoms with van der Waals surface area (Å²) in [5.74, 6) is 1.97. The van der Waals surface area contributed by atoms with Gasteiger partial charge in [0.15, 0.2) is 10.8 Å². The van der Waals surface area contributed by atoms with Gasteiger partial charge in [-0.1, -0.05) is 19.8 Å². The second-order valence-electron chi connectivity index (χ2n) is 6.34. The van der Waals surface area contributed by atoms with Crippen LogP contribution < -0.4 is 10.6 Å². The summed E-state index contributed by atoms with van der Waals surface area (Å²) in [5.41, 5.74) is 7.48. The van der Waals surface area contributed by atoms with Crippen LogP contribution in [0.1, 0.15) is 44.7 Å². The van der Waals surface area contributed by atoms with E-state index < -0.39 is 0 Å². The van der Waals surface area contributed by atoms with Crippen LogP contribution in [0.15, 0.2) is 11.6 Å². The van der Waals surface area contributed by atoms with Crippen LogP contribution in [0.4, 0.5) is 5.82 Å². The van der Waals surface area contributed by atoms with Crippen molar-refractivity contribution in [3.8, 4) is 0 Å². The van der Waals surface area contributed by atoms with Crippen molar-refractivity contribution in [3.63, 3.8) is 0 Å². The quantitative estimate of drug-likeness (QED) is 0.890. The summed E-state index contributed by atoms with van der Waals surface area (Å²) in [6, 6.07) is 0.212. The van der Waals surface area contributed by atoms with E-state index in [0.29, 0.717) is 0 Å². The highest BCUT2D eigenvalue weighted by atomic mass is 32.1. The Bertz CT molecular complexity index is 582. The van der Waals surface area contributed by atoms with Crippen molar-refractivity contribution in [2.75, 3.05) is 18.5 Å². The molecule has 1 aliphatic rings. The van der Waals surface area contributed by atoms with E-state index in [1.807, 2.05) is 0 Å². The fourth-order valence-corrected chi connectivity index (χ4v) is 4.10. The van der Waals surface area contributed by atoms with E-state index in [0.717, 1.165) is 36.1 Å². The normalized spacial score (nSPS) is 17.7. The molecule has 1 atom stereocenters. The Kier molecular flexibility index (Phi) is 4.50. The molecule has 4 nitrogen and oxygen atoms in total. The Labute approximate surface area is 131 Å². The van der Waals surface area contributed by atoms with E-state index in [1.165, 1.54) is 31.4 Å². The highest BCUT2D eigenvalue weighted by Gasteiger charge is 2.22. The zero-order chi connectivity index (χ0) is 14.8. The maximum atomic E-state index is 6.20. The smallest absolute Gasteiger partial charge is 0.195 e. The van der Waals surface area contributed by atoms with Gasteiger partial charge >= 0.3 is 0 Å². The first kappa shape index (κ1) is 14.9. The molecule has 2 aromatic heterocycles. The van der Waals surface area contributed by atoms with Gasteiger partial charge in [0.05, 0.1) is 5.69 Å². The Hall–Kier alpha value is -1.07. The summed E-state index contributed by atoms with van der Waals surface area (Å²) in [4.78, 5) is 8.29. The molecule has 116 valence electrons. The molecule has 0 amide bonds. The third-order valence-corrected chi connectivity index (χ3v) is 5.44. The minimum Gasteiger partial charge on any atom is -0.358 e. The Morgan fingerprint density at radius 2 is 2.24 bits per heavy atom. The summed E-state index contributed by atoms with van der Waals surface area (Å²) in [6.07, 6.45) is 9.56. The molecule has 0 bridgehead atoms. The molecule has 2 heterocycles. The molecule has 0 radical (unpaired) electrons. The summed E-state index contributed by atoms with van der Waals surface area (Å²) in [6.45, 7) is 3.28. The highest BCUT2D eigenvalue weighted by Crippen LogP contribution is 2.29. The van der Waals surface area contributed by atoms with Crippen molar-refractivity contribution in [1.29, 1.82) is 0 Å². The lowest BCUT2D eigenvalue weighted by molar-refractivity contribution is 0.543. The van der Waals surface area contributed by atoms with E-state index in [1.54, 1.807) is 11.3 Å². The molecular weight excluding hydrogens is 280 g/mol. The minimum atomic E-state index is 0.212. The van der Waals surface area contributed by atoms with Gasteiger partial charge in [-0.15, -0.1) is 11.3 Å². The lowest BCUT2D eigenvalue weighted by Gasteiger charge is -2.22. The van der Waals surface area contributed by atoms with Crippen molar-refractivity contribution in [2.24, 2.45) is 11.7 Å². The van der Waals surface area contributed by atoms with E-state index >= 15 is 0 Å². The Morgan fingerprint density at radius 3 is 2.95 bits per heavy atom. The number of nitrogens with zero attached hydrogens (tertiary/aromatic N) is 3. The first-order valence-electron chi connectivity index (χ1n) is 8.10. The highest BCUT2D eigenvalue weighted by molar-refractivity contribution is 7.15. The van der Waals surface area contributed by atoms with Gasteiger partial charge in [-0.05, 0) is 25.2 Å². The van der Waals surface area contributed by atoms with Gasteiger partial charge in [0.1, 0.15) is 0 Å². The third kappa shape index (κ3) is 3.09. The van der Waals surface area contributed by atoms with Crippen molar-refractivity contribution >= 4 is 22.1 Å². The molecular formula is C16H26N4S. The number of hydrogen-bond donors (Lipinski definition) is 1. The first-order valence-corrected chi connectivity index (χ1v) is 8.98. The molecule has 2 N–H and O–H groups in total. The molecule has 1 saturated carbocycles. The number of nitrogens with two attached hydrogens (primary N) is 1. The lowest BCUT2D eigenvalue weighted by atomic mass is 10.1. The van der Waals surface area contributed by atoms with E-state index in [2.05, 4.69) is 34.8 Å². The van der Waals surface area contributed by atoms with Crippen molar-refractivity contribution in [2.45, 2.75) is 51.5 Å². The number of imidazole rings is 1. The molecule has 0 aliphatic heterocycles. The number of fused-ring (bicyclic) bond motifs is 1. The van der Waals surface area contributed by atoms with Crippen LogP contribution >= 0.6 is 11.3 Å². The maximum Gasteiger partial charge on any atom is 0.195 e. The zero-order valence-corrected chi connectivity index (χ0v) is 13.9. The second-order valence-corrected chi connectivity index (χ2v) is 7.21. The monoisotopic (exact) mass is 306 g/mol. The topological polar surface area (TPSA) is 46.6 Å². The van der Waals surface area contributed by atoms with Crippen LogP contribution in [-0.2, 0) is 6.42 Å². The van der Waals surface area contributed by atoms with Crippen LogP contribution in [-0.4, -0.2) is 29.0 Å². The lowest BCUT2D eigenvalue weighted by Crippen LogP contribution is -2.27. The molecule has 1 fully saturated rings. The molecule has 2 aromatic rings. The third-order valence-electron chi connectivity index (χ3n) is 4.69. The SMILES string of the molecule is CCC(N)Cc1c(N(C)CC2CCCC2)nc2sccn12. The molecule has 0 saturated heterocycles. The second kappa shape index (κ2) is 6.36. The van der Waals surface area contributed by atoms with E-state index in [-0.39, 0.29) is 6.04 Å². The van der Waals surface area contributed by atoms with Gasteiger partial charge in [-0.25, -0.2) is 4.98 Å². The number of thiazole rings is 1. The standard InChI is InChI=1S/C16H26N4S/c1-3-13(17)10-14-15(18-16-20(14)8-9-21-16)19(2)11-12-6-4-5-7-12/h8-9,12-13H,3-7,10-11,17H2,1-2H3. The van der Waals surface area contributed by atoms with Crippen LogP contribution in [0.3, 0.4) is 0 Å². The fourth-order valence-electron chi connectivity index (χ4n) is 3.38. The fraction of sp³-hybridized carbons (Fsp3) is 0.688. The van der Waals surface area contributed by atoms with Gasteiger partial charge in [-0.2, -0.15) is 0 Å². The molecule has 0 aromatic carbocycles. The summed E-state index contributed by atoms with van der Waals surface area (Å²) < 4.78 is 2.22. The van der Waals surface area contributed by atoms with Crippen molar-refractivity contribution in [3.05, 3.63) is 17.3 Å². The molecule has 21 heavy (non-hydrogen) atoms. The number of anilines is 1. The first-order chi connectivity index (χ1) is 10.2. The predicted octanol–water partition coefficient (Wildman–Crippen LogP) is 3.30. The van der Waals surface area contributed by atoms with Gasteiger partial charge in [0.2, 0.25) is 0 Å². The summed E-state index contributed by atoms with van der Waals surface area (Å²) in [7, 11) is 2.19. The Morgan fingerprint density at radius 1 is 1.48 bits per heavy atom. The predicted molar refractivity (Wildman–Crippen MR) is 90.3 cm³/mol. The maximum absolute atomic E-state index is 6.20. The van der Waals surface area contributed by atoms with E-state index in [9.17, 15) is 0 Å². The van der Waals surface area contributed by atoms with E-state index in [4.69, 9.17) is 10.7 Å². The molecule has 0 spiro atoms. The van der Waals surface area contributed by atoms with Crippen LogP contribution in [0.25, 0.3) is 4.96 Å². The summed E-state index contributed by atoms with van der Waals surface area (Å²) in [5, 5.41) is 2.10. The number of hydrogen-bond acceptors (Lipinski definition) is 4. The van der Waals surface area contributed by atoms with Gasteiger partial charge in [0.25, 0.3) is 0 Å². The van der Waals surface area contributed by atoms with Gasteiger partial charge in [-0.3, -0.25) is 4.40 Å². The minimum absolute atomic E-state index is 0.212. The van der Waals surface area contributed by atoms with Crippen LogP contribution in [0.2, 0.25) is 0 Å².